The molecule has 2 rings (SSSR count). The van der Waals surface area contributed by atoms with Crippen LogP contribution in [0.2, 0.25) is 0 Å². The van der Waals surface area contributed by atoms with Crippen molar-refractivity contribution in [2.75, 3.05) is 0 Å². The van der Waals surface area contributed by atoms with E-state index in [1.807, 2.05) is 6.92 Å². The Bertz CT molecular complexity index is 357. The maximum absolute atomic E-state index is 5.72. The smallest absolute Gasteiger partial charge is 0.230 e. The van der Waals surface area contributed by atoms with Crippen molar-refractivity contribution in [2.24, 2.45) is 11.1 Å². The molecule has 90 valence electrons. The molecule has 0 aromatic carbocycles. The largest absolute Gasteiger partial charge is 0.339 e. The molecule has 0 amide bonds. The third-order valence-corrected chi connectivity index (χ3v) is 3.54. The lowest BCUT2D eigenvalue weighted by atomic mass is 9.82. The van der Waals surface area contributed by atoms with Crippen LogP contribution < -0.4 is 5.73 Å². The second-order valence-corrected chi connectivity index (χ2v) is 5.66. The number of nitrogens with zero attached hydrogens (tertiary/aromatic N) is 2. The molecule has 1 aromatic heterocycles. The summed E-state index contributed by atoms with van der Waals surface area (Å²) in [5.41, 5.74) is 6.01. The highest BCUT2D eigenvalue weighted by Gasteiger charge is 2.39. The second-order valence-electron chi connectivity index (χ2n) is 5.66. The highest BCUT2D eigenvalue weighted by molar-refractivity contribution is 5.04. The summed E-state index contributed by atoms with van der Waals surface area (Å²) in [5.74, 6) is 1.97. The lowest BCUT2D eigenvalue weighted by molar-refractivity contribution is 0.260. The quantitative estimate of drug-likeness (QED) is 0.853. The van der Waals surface area contributed by atoms with Crippen molar-refractivity contribution in [1.29, 1.82) is 0 Å². The Morgan fingerprint density at radius 3 is 2.88 bits per heavy atom. The fourth-order valence-corrected chi connectivity index (χ4v) is 2.56. The van der Waals surface area contributed by atoms with Gasteiger partial charge in [0, 0.05) is 18.4 Å². The first kappa shape index (κ1) is 11.6. The molecule has 0 radical (unpaired) electrons. The second kappa shape index (κ2) is 4.17. The number of hydrogen-bond donors (Lipinski definition) is 1. The Hall–Kier alpha value is -0.900. The van der Waals surface area contributed by atoms with E-state index >= 15 is 0 Å². The van der Waals surface area contributed by atoms with E-state index in [2.05, 4.69) is 24.0 Å². The van der Waals surface area contributed by atoms with Crippen molar-refractivity contribution in [3.8, 4) is 0 Å². The van der Waals surface area contributed by atoms with Gasteiger partial charge in [-0.2, -0.15) is 4.98 Å². The first-order chi connectivity index (χ1) is 7.49. The Morgan fingerprint density at radius 1 is 1.56 bits per heavy atom. The van der Waals surface area contributed by atoms with Crippen LogP contribution in [-0.2, 0) is 6.42 Å². The minimum atomic E-state index is 0.0852. The lowest BCUT2D eigenvalue weighted by Gasteiger charge is -2.23. The molecule has 2 unspecified atom stereocenters. The average molecular weight is 223 g/mol. The molecular formula is C12H21N3O. The van der Waals surface area contributed by atoms with E-state index in [0.717, 1.165) is 18.1 Å². The molecule has 1 fully saturated rings. The average Bonchev–Trinajstić information content (AvgIpc) is 2.70. The van der Waals surface area contributed by atoms with E-state index in [0.29, 0.717) is 12.3 Å². The Balaban J connectivity index is 2.12. The van der Waals surface area contributed by atoms with Gasteiger partial charge in [-0.1, -0.05) is 25.4 Å². The van der Waals surface area contributed by atoms with Gasteiger partial charge in [-0.3, -0.25) is 0 Å². The number of nitrogens with two attached hydrogens (primary N) is 1. The molecule has 16 heavy (non-hydrogen) atoms. The van der Waals surface area contributed by atoms with Crippen molar-refractivity contribution in [3.63, 3.8) is 0 Å². The highest BCUT2D eigenvalue weighted by atomic mass is 16.5. The van der Waals surface area contributed by atoms with Crippen LogP contribution in [-0.4, -0.2) is 16.2 Å². The van der Waals surface area contributed by atoms with Crippen LogP contribution in [0.3, 0.4) is 0 Å². The van der Waals surface area contributed by atoms with E-state index in [1.165, 1.54) is 12.8 Å². The molecule has 0 spiro atoms. The zero-order valence-corrected chi connectivity index (χ0v) is 10.4. The van der Waals surface area contributed by atoms with Gasteiger partial charge in [0.05, 0.1) is 0 Å². The monoisotopic (exact) mass is 223 g/mol. The number of hydrogen-bond acceptors (Lipinski definition) is 4. The van der Waals surface area contributed by atoms with E-state index < -0.39 is 0 Å². The third-order valence-electron chi connectivity index (χ3n) is 3.54. The molecule has 1 aliphatic rings. The van der Waals surface area contributed by atoms with Crippen LogP contribution in [0.1, 0.15) is 57.7 Å². The summed E-state index contributed by atoms with van der Waals surface area (Å²) < 4.78 is 5.37. The van der Waals surface area contributed by atoms with Gasteiger partial charge in [0.15, 0.2) is 5.82 Å². The topological polar surface area (TPSA) is 64.9 Å². The van der Waals surface area contributed by atoms with Crippen molar-refractivity contribution in [2.45, 2.75) is 58.4 Å². The van der Waals surface area contributed by atoms with Crippen LogP contribution in [0.15, 0.2) is 4.52 Å². The fraction of sp³-hybridized carbons (Fsp3) is 0.833. The molecule has 1 aliphatic carbocycles. The van der Waals surface area contributed by atoms with Gasteiger partial charge in [-0.25, -0.2) is 0 Å². The van der Waals surface area contributed by atoms with Crippen molar-refractivity contribution < 1.29 is 4.52 Å². The summed E-state index contributed by atoms with van der Waals surface area (Å²) in [7, 11) is 0. The van der Waals surface area contributed by atoms with Gasteiger partial charge in [0.1, 0.15) is 0 Å². The van der Waals surface area contributed by atoms with Gasteiger partial charge in [-0.15, -0.1) is 0 Å². The molecule has 1 heterocycles. The normalized spacial score (nSPS) is 25.9. The SMILES string of the molecule is CC(N)Cc1noc(C2CCCC2(C)C)n1. The van der Waals surface area contributed by atoms with Crippen molar-refractivity contribution in [1.82, 2.24) is 10.1 Å². The molecule has 1 saturated carbocycles. The standard InChI is InChI=1S/C12H21N3O/c1-8(13)7-10-14-11(16-15-10)9-5-4-6-12(9,2)3/h8-9H,4-7,13H2,1-3H3. The maximum atomic E-state index is 5.72. The molecule has 0 aliphatic heterocycles. The van der Waals surface area contributed by atoms with E-state index in [4.69, 9.17) is 10.3 Å². The summed E-state index contributed by atoms with van der Waals surface area (Å²) in [6, 6.07) is 0.0852. The predicted molar refractivity (Wildman–Crippen MR) is 62.0 cm³/mol. The number of aromatic nitrogens is 2. The Morgan fingerprint density at radius 2 is 2.31 bits per heavy atom. The van der Waals surface area contributed by atoms with Crippen LogP contribution in [0.5, 0.6) is 0 Å². The van der Waals surface area contributed by atoms with E-state index in [-0.39, 0.29) is 11.5 Å². The van der Waals surface area contributed by atoms with Crippen molar-refractivity contribution in [3.05, 3.63) is 11.7 Å². The first-order valence-corrected chi connectivity index (χ1v) is 6.07. The molecule has 2 atom stereocenters. The summed E-state index contributed by atoms with van der Waals surface area (Å²) >= 11 is 0. The predicted octanol–water partition coefficient (Wildman–Crippen LogP) is 2.25. The maximum Gasteiger partial charge on any atom is 0.230 e. The Kier molecular flexibility index (Phi) is 3.02. The number of rotatable bonds is 3. The summed E-state index contributed by atoms with van der Waals surface area (Å²) in [5, 5.41) is 4.00. The van der Waals surface area contributed by atoms with Gasteiger partial charge in [-0.05, 0) is 25.2 Å². The van der Waals surface area contributed by atoms with Gasteiger partial charge >= 0.3 is 0 Å². The third kappa shape index (κ3) is 2.26. The van der Waals surface area contributed by atoms with Crippen LogP contribution in [0.25, 0.3) is 0 Å². The van der Waals surface area contributed by atoms with Crippen molar-refractivity contribution >= 4 is 0 Å². The zero-order valence-electron chi connectivity index (χ0n) is 10.4. The molecule has 2 N–H and O–H groups in total. The summed E-state index contributed by atoms with van der Waals surface area (Å²) in [4.78, 5) is 4.47. The minimum absolute atomic E-state index is 0.0852. The molecule has 4 nitrogen and oxygen atoms in total. The van der Waals surface area contributed by atoms with Crippen LogP contribution >= 0.6 is 0 Å². The van der Waals surface area contributed by atoms with Gasteiger partial charge in [0.25, 0.3) is 0 Å². The highest BCUT2D eigenvalue weighted by Crippen LogP contribution is 2.48. The van der Waals surface area contributed by atoms with E-state index in [1.54, 1.807) is 0 Å². The molecule has 4 heteroatoms. The molecule has 0 bridgehead atoms. The summed E-state index contributed by atoms with van der Waals surface area (Å²) in [6.07, 6.45) is 4.34. The lowest BCUT2D eigenvalue weighted by Crippen LogP contribution is -2.19. The molecular weight excluding hydrogens is 202 g/mol. The van der Waals surface area contributed by atoms with Gasteiger partial charge in [0.2, 0.25) is 5.89 Å². The molecule has 0 saturated heterocycles. The zero-order chi connectivity index (χ0) is 11.8. The fourth-order valence-electron chi connectivity index (χ4n) is 2.56. The van der Waals surface area contributed by atoms with Gasteiger partial charge < -0.3 is 10.3 Å². The summed E-state index contributed by atoms with van der Waals surface area (Å²) in [6.45, 7) is 6.51. The minimum Gasteiger partial charge on any atom is -0.339 e. The Labute approximate surface area is 96.6 Å². The van der Waals surface area contributed by atoms with Crippen LogP contribution in [0, 0.1) is 5.41 Å². The van der Waals surface area contributed by atoms with Crippen LogP contribution in [0.4, 0.5) is 0 Å². The molecule has 1 aromatic rings. The van der Waals surface area contributed by atoms with E-state index in [9.17, 15) is 0 Å². The first-order valence-electron chi connectivity index (χ1n) is 6.07.